The summed E-state index contributed by atoms with van der Waals surface area (Å²) in [5.74, 6) is -1.39. The highest BCUT2D eigenvalue weighted by molar-refractivity contribution is 5.73. The molecule has 0 aliphatic heterocycles. The molecule has 31 heavy (non-hydrogen) atoms. The van der Waals surface area contributed by atoms with Gasteiger partial charge in [0.15, 0.2) is 0 Å². The van der Waals surface area contributed by atoms with E-state index in [1.54, 1.807) is 12.2 Å². The molecule has 0 spiro atoms. The van der Waals surface area contributed by atoms with E-state index in [-0.39, 0.29) is 62.1 Å². The van der Waals surface area contributed by atoms with Gasteiger partial charge >= 0.3 is 17.9 Å². The number of hydrogen-bond donors (Lipinski definition) is 1. The quantitative estimate of drug-likeness (QED) is 0.139. The molecule has 0 radical (unpaired) electrons. The second kappa shape index (κ2) is 18.6. The van der Waals surface area contributed by atoms with E-state index >= 15 is 0 Å². The molecule has 0 bridgehead atoms. The highest BCUT2D eigenvalue weighted by atomic mass is 16.5. The van der Waals surface area contributed by atoms with Crippen LogP contribution in [-0.4, -0.2) is 48.9 Å². The van der Waals surface area contributed by atoms with Crippen molar-refractivity contribution in [2.75, 3.05) is 19.8 Å². The van der Waals surface area contributed by atoms with E-state index in [1.807, 2.05) is 13.8 Å². The summed E-state index contributed by atoms with van der Waals surface area (Å²) in [5, 5.41) is 8.90. The third kappa shape index (κ3) is 15.3. The number of allylic oxidation sites excluding steroid dienone is 2. The molecule has 0 aromatic carbocycles. The van der Waals surface area contributed by atoms with Crippen LogP contribution in [0.15, 0.2) is 25.3 Å². The van der Waals surface area contributed by atoms with Gasteiger partial charge in [-0.25, -0.2) is 0 Å². The monoisotopic (exact) mass is 440 g/mol. The van der Waals surface area contributed by atoms with E-state index in [4.69, 9.17) is 19.3 Å². The first-order valence-corrected chi connectivity index (χ1v) is 11.2. The van der Waals surface area contributed by atoms with Crippen LogP contribution in [0.1, 0.15) is 71.6 Å². The lowest BCUT2D eigenvalue weighted by molar-refractivity contribution is -0.152. The summed E-state index contributed by atoms with van der Waals surface area (Å²) in [6, 6.07) is 0. The smallest absolute Gasteiger partial charge is 0.309 e. The third-order valence-electron chi connectivity index (χ3n) is 4.61. The number of unbranched alkanes of at least 4 members (excludes halogenated alkanes) is 1. The van der Waals surface area contributed by atoms with Crippen LogP contribution in [0.4, 0.5) is 0 Å². The Hall–Kier alpha value is -2.15. The number of aliphatic hydroxyl groups excluding tert-OH is 1. The zero-order chi connectivity index (χ0) is 23.5. The van der Waals surface area contributed by atoms with Gasteiger partial charge in [-0.05, 0) is 65.2 Å². The topological polar surface area (TPSA) is 99.1 Å². The van der Waals surface area contributed by atoms with Crippen molar-refractivity contribution in [3.63, 3.8) is 0 Å². The maximum atomic E-state index is 12.0. The molecule has 0 aromatic rings. The van der Waals surface area contributed by atoms with Crippen LogP contribution in [0.3, 0.4) is 0 Å². The van der Waals surface area contributed by atoms with Crippen LogP contribution in [0.25, 0.3) is 0 Å². The maximum Gasteiger partial charge on any atom is 0.309 e. The molecule has 178 valence electrons. The molecule has 0 amide bonds. The van der Waals surface area contributed by atoms with E-state index in [1.165, 1.54) is 0 Å². The lowest BCUT2D eigenvalue weighted by atomic mass is 10.00. The molecule has 0 saturated heterocycles. The average Bonchev–Trinajstić information content (AvgIpc) is 2.72. The van der Waals surface area contributed by atoms with Crippen molar-refractivity contribution in [3.8, 4) is 0 Å². The van der Waals surface area contributed by atoms with Gasteiger partial charge in [0, 0.05) is 13.0 Å². The first kappa shape index (κ1) is 28.9. The molecule has 7 nitrogen and oxygen atoms in total. The number of esters is 3. The van der Waals surface area contributed by atoms with Crippen molar-refractivity contribution in [3.05, 3.63) is 25.3 Å². The lowest BCUT2D eigenvalue weighted by Crippen LogP contribution is -2.21. The Kier molecular flexibility index (Phi) is 17.3. The molecule has 0 rings (SSSR count). The van der Waals surface area contributed by atoms with Crippen LogP contribution >= 0.6 is 0 Å². The predicted octanol–water partition coefficient (Wildman–Crippen LogP) is 4.13. The first-order valence-electron chi connectivity index (χ1n) is 11.2. The van der Waals surface area contributed by atoms with Crippen molar-refractivity contribution in [1.29, 1.82) is 0 Å². The van der Waals surface area contributed by atoms with E-state index in [9.17, 15) is 14.4 Å². The Bertz CT molecular complexity index is 542. The molecular weight excluding hydrogens is 400 g/mol. The fraction of sp³-hybridized carbons (Fsp3) is 0.708. The summed E-state index contributed by atoms with van der Waals surface area (Å²) >= 11 is 0. The molecule has 0 heterocycles. The minimum Gasteiger partial charge on any atom is -0.466 e. The van der Waals surface area contributed by atoms with Gasteiger partial charge in [-0.3, -0.25) is 14.4 Å². The van der Waals surface area contributed by atoms with Gasteiger partial charge in [-0.15, -0.1) is 13.2 Å². The molecule has 0 aliphatic carbocycles. The van der Waals surface area contributed by atoms with Crippen LogP contribution in [0.5, 0.6) is 0 Å². The number of ether oxygens (including phenoxy) is 3. The second-order valence-corrected chi connectivity index (χ2v) is 7.78. The fourth-order valence-corrected chi connectivity index (χ4v) is 2.98. The molecule has 2 atom stereocenters. The first-order chi connectivity index (χ1) is 14.8. The summed E-state index contributed by atoms with van der Waals surface area (Å²) in [5.41, 5.74) is 0. The van der Waals surface area contributed by atoms with Crippen LogP contribution < -0.4 is 0 Å². The number of aliphatic hydroxyl groups is 1. The number of carbonyl (C=O) groups excluding carboxylic acids is 3. The summed E-state index contributed by atoms with van der Waals surface area (Å²) in [4.78, 5) is 35.9. The summed E-state index contributed by atoms with van der Waals surface area (Å²) < 4.78 is 15.7. The molecular formula is C24H40O7. The Morgan fingerprint density at radius 1 is 0.839 bits per heavy atom. The molecule has 0 saturated carbocycles. The van der Waals surface area contributed by atoms with Gasteiger partial charge in [0.2, 0.25) is 0 Å². The molecule has 0 aliphatic rings. The van der Waals surface area contributed by atoms with Crippen LogP contribution in [0.2, 0.25) is 0 Å². The summed E-state index contributed by atoms with van der Waals surface area (Å²) in [6.45, 7) is 11.5. The highest BCUT2D eigenvalue weighted by Crippen LogP contribution is 2.16. The predicted molar refractivity (Wildman–Crippen MR) is 119 cm³/mol. The van der Waals surface area contributed by atoms with Gasteiger partial charge in [0.25, 0.3) is 0 Å². The number of carbonyl (C=O) groups is 3. The Balaban J connectivity index is 3.96. The Morgan fingerprint density at radius 2 is 1.42 bits per heavy atom. The SMILES string of the molecule is C=CCC(CCCO)C(=O)OCCCCC(=O)OCCCC(CC=C)C(=O)OC(C)C. The van der Waals surface area contributed by atoms with E-state index in [2.05, 4.69) is 13.2 Å². The maximum absolute atomic E-state index is 12.0. The van der Waals surface area contributed by atoms with Crippen LogP contribution in [-0.2, 0) is 28.6 Å². The van der Waals surface area contributed by atoms with Crippen molar-refractivity contribution < 1.29 is 33.7 Å². The largest absolute Gasteiger partial charge is 0.466 e. The molecule has 0 aromatic heterocycles. The lowest BCUT2D eigenvalue weighted by Gasteiger charge is -2.16. The third-order valence-corrected chi connectivity index (χ3v) is 4.61. The molecule has 7 heteroatoms. The normalized spacial score (nSPS) is 12.6. The zero-order valence-electron chi connectivity index (χ0n) is 19.2. The van der Waals surface area contributed by atoms with E-state index in [0.717, 1.165) is 0 Å². The molecule has 0 fully saturated rings. The van der Waals surface area contributed by atoms with Gasteiger partial charge in [-0.1, -0.05) is 12.2 Å². The molecule has 1 N–H and O–H groups in total. The summed E-state index contributed by atoms with van der Waals surface area (Å²) in [7, 11) is 0. The van der Waals surface area contributed by atoms with Gasteiger partial charge in [0.1, 0.15) is 0 Å². The summed E-state index contributed by atoms with van der Waals surface area (Å²) in [6.07, 6.45) is 7.91. The van der Waals surface area contributed by atoms with E-state index < -0.39 is 0 Å². The van der Waals surface area contributed by atoms with E-state index in [0.29, 0.717) is 51.4 Å². The Labute approximate surface area is 186 Å². The minimum atomic E-state index is -0.302. The molecule has 2 unspecified atom stereocenters. The fourth-order valence-electron chi connectivity index (χ4n) is 2.98. The van der Waals surface area contributed by atoms with Gasteiger partial charge in [0.05, 0.1) is 31.2 Å². The number of hydrogen-bond acceptors (Lipinski definition) is 7. The minimum absolute atomic E-state index is 0.0416. The standard InChI is InChI=1S/C24H40O7/c1-5-11-20(13-9-16-25)23(27)30-17-8-7-15-22(26)29-18-10-14-21(12-6-2)24(28)31-19(3)4/h5-6,19-21,25H,1-2,7-18H2,3-4H3. The Morgan fingerprint density at radius 3 is 2.00 bits per heavy atom. The van der Waals surface area contributed by atoms with Crippen LogP contribution in [0, 0.1) is 11.8 Å². The van der Waals surface area contributed by atoms with Crippen molar-refractivity contribution in [1.82, 2.24) is 0 Å². The highest BCUT2D eigenvalue weighted by Gasteiger charge is 2.20. The second-order valence-electron chi connectivity index (χ2n) is 7.78. The zero-order valence-corrected chi connectivity index (χ0v) is 19.2. The average molecular weight is 441 g/mol. The van der Waals surface area contributed by atoms with Crippen molar-refractivity contribution >= 4 is 17.9 Å². The van der Waals surface area contributed by atoms with Gasteiger partial charge in [-0.2, -0.15) is 0 Å². The van der Waals surface area contributed by atoms with Crippen molar-refractivity contribution in [2.24, 2.45) is 11.8 Å². The van der Waals surface area contributed by atoms with Crippen molar-refractivity contribution in [2.45, 2.75) is 77.7 Å². The van der Waals surface area contributed by atoms with Gasteiger partial charge < -0.3 is 19.3 Å². The number of rotatable bonds is 19.